The minimum absolute atomic E-state index is 0.0975. The van der Waals surface area contributed by atoms with Crippen LogP contribution in [0.2, 0.25) is 0 Å². The second-order valence-electron chi connectivity index (χ2n) is 6.66. The highest BCUT2D eigenvalue weighted by Gasteiger charge is 2.51. The normalized spacial score (nSPS) is 34.4. The van der Waals surface area contributed by atoms with Crippen molar-refractivity contribution in [3.05, 3.63) is 22.3 Å². The Morgan fingerprint density at radius 3 is 2.55 bits per heavy atom. The maximum absolute atomic E-state index is 12.2. The molecule has 3 rings (SSSR count). The molecule has 1 aliphatic heterocycles. The first-order valence-electron chi connectivity index (χ1n) is 7.56. The van der Waals surface area contributed by atoms with Gasteiger partial charge in [-0.2, -0.15) is 0 Å². The molecular formula is C17H20O5. The van der Waals surface area contributed by atoms with Gasteiger partial charge < -0.3 is 9.47 Å². The first-order chi connectivity index (χ1) is 10.2. The number of esters is 2. The number of carbonyl (C=O) groups is 3. The van der Waals surface area contributed by atoms with Crippen molar-refractivity contribution in [1.82, 2.24) is 0 Å². The van der Waals surface area contributed by atoms with Crippen LogP contribution >= 0.6 is 0 Å². The van der Waals surface area contributed by atoms with Crippen LogP contribution in [0.1, 0.15) is 47.0 Å². The third kappa shape index (κ3) is 2.11. The molecule has 1 fully saturated rings. The molecule has 3 atom stereocenters. The third-order valence-corrected chi connectivity index (χ3v) is 5.22. The summed E-state index contributed by atoms with van der Waals surface area (Å²) >= 11 is 0. The summed E-state index contributed by atoms with van der Waals surface area (Å²) in [5.41, 5.74) is 2.45. The number of Topliss-reactive ketones (excluding diaryl/α,β-unsaturated/α-hetero) is 1. The molecule has 0 spiro atoms. The fourth-order valence-corrected chi connectivity index (χ4v) is 3.97. The second kappa shape index (κ2) is 4.80. The predicted molar refractivity (Wildman–Crippen MR) is 77.8 cm³/mol. The van der Waals surface area contributed by atoms with Crippen LogP contribution < -0.4 is 0 Å². The molecule has 0 radical (unpaired) electrons. The van der Waals surface area contributed by atoms with Gasteiger partial charge in [-0.3, -0.25) is 9.59 Å². The van der Waals surface area contributed by atoms with E-state index in [9.17, 15) is 14.4 Å². The van der Waals surface area contributed by atoms with E-state index < -0.39 is 5.60 Å². The summed E-state index contributed by atoms with van der Waals surface area (Å²) in [5, 5.41) is 0. The maximum Gasteiger partial charge on any atom is 0.334 e. The van der Waals surface area contributed by atoms with Gasteiger partial charge in [-0.1, -0.05) is 5.57 Å². The Morgan fingerprint density at radius 1 is 1.23 bits per heavy atom. The van der Waals surface area contributed by atoms with E-state index in [4.69, 9.17) is 9.47 Å². The molecule has 3 aliphatic rings. The highest BCUT2D eigenvalue weighted by molar-refractivity contribution is 5.99. The molecule has 118 valence electrons. The van der Waals surface area contributed by atoms with Crippen LogP contribution in [0.4, 0.5) is 0 Å². The van der Waals surface area contributed by atoms with Crippen LogP contribution in [-0.2, 0) is 23.9 Å². The molecule has 22 heavy (non-hydrogen) atoms. The van der Waals surface area contributed by atoms with E-state index >= 15 is 0 Å². The minimum Gasteiger partial charge on any atom is -0.459 e. The van der Waals surface area contributed by atoms with Crippen LogP contribution in [-0.4, -0.2) is 29.4 Å². The van der Waals surface area contributed by atoms with Gasteiger partial charge in [0.15, 0.2) is 5.78 Å². The lowest BCUT2D eigenvalue weighted by molar-refractivity contribution is -0.164. The van der Waals surface area contributed by atoms with Crippen LogP contribution in [0.3, 0.4) is 0 Å². The number of ketones is 1. The molecule has 0 amide bonds. The van der Waals surface area contributed by atoms with E-state index in [1.807, 2.05) is 13.8 Å². The van der Waals surface area contributed by atoms with Crippen molar-refractivity contribution in [3.63, 3.8) is 0 Å². The summed E-state index contributed by atoms with van der Waals surface area (Å²) in [6.45, 7) is 6.79. The number of fused-ring (bicyclic) bond motifs is 2. The topological polar surface area (TPSA) is 69.7 Å². The Kier molecular flexibility index (Phi) is 3.27. The highest BCUT2D eigenvalue weighted by atomic mass is 16.6. The standard InChI is InChI=1S/C17H20O5/c1-8-11-5-12-9(2)16(20)21-15(12)7-17(4,22-10(3)18)13(11)6-14(8)19/h13,15H,5-7H2,1-4H3/t13-,15+,17-/m1/s1. The first-order valence-corrected chi connectivity index (χ1v) is 7.56. The van der Waals surface area contributed by atoms with E-state index in [-0.39, 0.29) is 29.7 Å². The van der Waals surface area contributed by atoms with Crippen LogP contribution in [0.15, 0.2) is 22.3 Å². The average Bonchev–Trinajstić information content (AvgIpc) is 2.78. The lowest BCUT2D eigenvalue weighted by atomic mass is 9.81. The minimum atomic E-state index is -0.827. The van der Waals surface area contributed by atoms with Gasteiger partial charge >= 0.3 is 11.9 Å². The Bertz CT molecular complexity index is 654. The fourth-order valence-electron chi connectivity index (χ4n) is 3.97. The van der Waals surface area contributed by atoms with Crippen molar-refractivity contribution in [3.8, 4) is 0 Å². The largest absolute Gasteiger partial charge is 0.459 e. The van der Waals surface area contributed by atoms with Gasteiger partial charge in [-0.15, -0.1) is 0 Å². The second-order valence-corrected chi connectivity index (χ2v) is 6.66. The van der Waals surface area contributed by atoms with Crippen molar-refractivity contribution < 1.29 is 23.9 Å². The summed E-state index contributed by atoms with van der Waals surface area (Å²) < 4.78 is 11.1. The van der Waals surface area contributed by atoms with E-state index in [0.29, 0.717) is 24.8 Å². The van der Waals surface area contributed by atoms with E-state index in [1.54, 1.807) is 6.92 Å². The van der Waals surface area contributed by atoms with Gasteiger partial charge in [-0.05, 0) is 38.3 Å². The third-order valence-electron chi connectivity index (χ3n) is 5.22. The van der Waals surface area contributed by atoms with Crippen molar-refractivity contribution >= 4 is 17.7 Å². The number of allylic oxidation sites excluding steroid dienone is 1. The highest BCUT2D eigenvalue weighted by Crippen LogP contribution is 2.50. The lowest BCUT2D eigenvalue weighted by Crippen LogP contribution is -2.41. The van der Waals surface area contributed by atoms with Crippen LogP contribution in [0.25, 0.3) is 0 Å². The fraction of sp³-hybridized carbons (Fsp3) is 0.588. The average molecular weight is 304 g/mol. The molecular weight excluding hydrogens is 284 g/mol. The van der Waals surface area contributed by atoms with Gasteiger partial charge in [-0.25, -0.2) is 4.79 Å². The Labute approximate surface area is 129 Å². The van der Waals surface area contributed by atoms with E-state index in [1.165, 1.54) is 6.92 Å². The molecule has 0 bridgehead atoms. The summed E-state index contributed by atoms with van der Waals surface area (Å²) in [4.78, 5) is 35.6. The number of hydrogen-bond acceptors (Lipinski definition) is 5. The summed E-state index contributed by atoms with van der Waals surface area (Å²) in [5.74, 6) is -0.729. The first kappa shape index (κ1) is 15.0. The van der Waals surface area contributed by atoms with Gasteiger partial charge in [0.2, 0.25) is 0 Å². The molecule has 0 N–H and O–H groups in total. The SMILES string of the molecule is CC(=O)O[C@]1(C)C[C@@H]2OC(=O)C(C)=C2CC2=C(C)C(=O)C[C@H]21. The smallest absolute Gasteiger partial charge is 0.334 e. The van der Waals surface area contributed by atoms with Crippen LogP contribution in [0, 0.1) is 5.92 Å². The monoisotopic (exact) mass is 304 g/mol. The zero-order valence-electron chi connectivity index (χ0n) is 13.3. The number of rotatable bonds is 1. The lowest BCUT2D eigenvalue weighted by Gasteiger charge is -2.35. The molecule has 0 unspecified atom stereocenters. The molecule has 1 heterocycles. The maximum atomic E-state index is 12.2. The quantitative estimate of drug-likeness (QED) is 0.695. The molecule has 5 nitrogen and oxygen atoms in total. The van der Waals surface area contributed by atoms with Crippen molar-refractivity contribution in [2.75, 3.05) is 0 Å². The Balaban J connectivity index is 2.11. The number of ether oxygens (including phenoxy) is 2. The van der Waals surface area contributed by atoms with Gasteiger partial charge in [0.25, 0.3) is 0 Å². The molecule has 0 saturated heterocycles. The molecule has 5 heteroatoms. The Morgan fingerprint density at radius 2 is 1.91 bits per heavy atom. The summed E-state index contributed by atoms with van der Waals surface area (Å²) in [7, 11) is 0. The van der Waals surface area contributed by atoms with Gasteiger partial charge in [0.05, 0.1) is 0 Å². The molecule has 0 aromatic carbocycles. The summed E-state index contributed by atoms with van der Waals surface area (Å²) in [6.07, 6.45) is 0.955. The molecule has 0 aromatic heterocycles. The van der Waals surface area contributed by atoms with E-state index in [2.05, 4.69) is 0 Å². The Hall–Kier alpha value is -1.91. The number of carbonyl (C=O) groups excluding carboxylic acids is 3. The molecule has 1 saturated carbocycles. The van der Waals surface area contributed by atoms with Gasteiger partial charge in [0, 0.05) is 31.3 Å². The van der Waals surface area contributed by atoms with E-state index in [0.717, 1.165) is 16.7 Å². The van der Waals surface area contributed by atoms with Crippen molar-refractivity contribution in [2.24, 2.45) is 5.92 Å². The van der Waals surface area contributed by atoms with Crippen molar-refractivity contribution in [2.45, 2.75) is 58.7 Å². The van der Waals surface area contributed by atoms with Gasteiger partial charge in [0.1, 0.15) is 11.7 Å². The molecule has 0 aromatic rings. The number of hydrogen-bond donors (Lipinski definition) is 0. The zero-order chi connectivity index (χ0) is 16.2. The van der Waals surface area contributed by atoms with Crippen LogP contribution in [0.5, 0.6) is 0 Å². The van der Waals surface area contributed by atoms with Crippen molar-refractivity contribution in [1.29, 1.82) is 0 Å². The molecule has 2 aliphatic carbocycles. The predicted octanol–water partition coefficient (Wildman–Crippen LogP) is 2.25. The zero-order valence-corrected chi connectivity index (χ0v) is 13.3. The summed E-state index contributed by atoms with van der Waals surface area (Å²) in [6, 6.07) is 0.